The zero-order valence-electron chi connectivity index (χ0n) is 11.9. The van der Waals surface area contributed by atoms with E-state index >= 15 is 0 Å². The fourth-order valence-electron chi connectivity index (χ4n) is 2.51. The second kappa shape index (κ2) is 6.05. The number of halogens is 3. The van der Waals surface area contributed by atoms with Crippen molar-refractivity contribution in [3.63, 3.8) is 0 Å². The molecule has 0 atom stereocenters. The van der Waals surface area contributed by atoms with Crippen LogP contribution in [0.2, 0.25) is 0 Å². The van der Waals surface area contributed by atoms with Gasteiger partial charge < -0.3 is 4.57 Å². The minimum Gasteiger partial charge on any atom is -0.308 e. The molecule has 0 N–H and O–H groups in total. The Kier molecular flexibility index (Phi) is 4.10. The molecule has 23 heavy (non-hydrogen) atoms. The second-order valence-electron chi connectivity index (χ2n) is 4.96. The summed E-state index contributed by atoms with van der Waals surface area (Å²) in [5.41, 5.74) is 0. The van der Waals surface area contributed by atoms with Crippen LogP contribution in [0.25, 0.3) is 0 Å². The summed E-state index contributed by atoms with van der Waals surface area (Å²) in [5.74, 6) is -2.29. The first-order chi connectivity index (χ1) is 11.0. The Labute approximate surface area is 131 Å². The molecule has 3 aromatic rings. The van der Waals surface area contributed by atoms with E-state index < -0.39 is 24.6 Å². The average Bonchev–Trinajstić information content (AvgIpc) is 2.55. The van der Waals surface area contributed by atoms with E-state index in [9.17, 15) is 17.7 Å². The molecule has 0 aliphatic rings. The van der Waals surface area contributed by atoms with Crippen molar-refractivity contribution in [2.45, 2.75) is 0 Å². The molecule has 0 spiro atoms. The van der Waals surface area contributed by atoms with Gasteiger partial charge in [0.2, 0.25) is 0 Å². The molecule has 3 rings (SSSR count). The predicted molar refractivity (Wildman–Crippen MR) is 85.7 cm³/mol. The minimum absolute atomic E-state index is 0.213. The smallest absolute Gasteiger partial charge is 0.179 e. The summed E-state index contributed by atoms with van der Waals surface area (Å²) in [6.45, 7) is 0. The van der Waals surface area contributed by atoms with Crippen molar-refractivity contribution in [1.82, 2.24) is 0 Å². The zero-order valence-corrected chi connectivity index (χ0v) is 12.8. The van der Waals surface area contributed by atoms with E-state index in [4.69, 9.17) is 0 Å². The van der Waals surface area contributed by atoms with E-state index in [2.05, 4.69) is 0 Å². The van der Waals surface area contributed by atoms with Crippen LogP contribution in [0.5, 0.6) is 0 Å². The van der Waals surface area contributed by atoms with E-state index in [0.717, 1.165) is 18.2 Å². The summed E-state index contributed by atoms with van der Waals surface area (Å²) in [6.07, 6.45) is 0. The molecular weight excluding hydrogens is 320 g/mol. The Balaban J connectivity index is 2.41. The number of hydrogen-bond acceptors (Lipinski definition) is 1. The van der Waals surface area contributed by atoms with Gasteiger partial charge in [-0.25, -0.2) is 13.2 Å². The Bertz CT molecular complexity index is 790. The minimum atomic E-state index is -4.01. The van der Waals surface area contributed by atoms with Gasteiger partial charge in [-0.05, 0) is 36.4 Å². The molecule has 116 valence electrons. The van der Waals surface area contributed by atoms with Crippen molar-refractivity contribution in [3.05, 3.63) is 90.2 Å². The first-order valence-electron chi connectivity index (χ1n) is 6.90. The zero-order chi connectivity index (χ0) is 16.4. The number of rotatable bonds is 3. The van der Waals surface area contributed by atoms with E-state index in [1.54, 1.807) is 0 Å². The highest BCUT2D eigenvalue weighted by molar-refractivity contribution is 7.85. The number of benzene rings is 3. The first-order valence-corrected chi connectivity index (χ1v) is 8.61. The van der Waals surface area contributed by atoms with E-state index in [-0.39, 0.29) is 15.9 Å². The molecule has 0 radical (unpaired) electrons. The maximum absolute atomic E-state index is 14.3. The molecule has 0 aliphatic heterocycles. The highest BCUT2D eigenvalue weighted by Gasteiger charge is 2.36. The average molecular weight is 332 g/mol. The van der Waals surface area contributed by atoms with E-state index in [1.807, 2.05) is 0 Å². The van der Waals surface area contributed by atoms with Crippen LogP contribution < -0.4 is 15.9 Å². The highest BCUT2D eigenvalue weighted by atomic mass is 31.2. The first kappa shape index (κ1) is 15.6. The summed E-state index contributed by atoms with van der Waals surface area (Å²) in [5, 5.41) is -0.638. The third kappa shape index (κ3) is 2.60. The third-order valence-corrected chi connectivity index (χ3v) is 6.70. The van der Waals surface area contributed by atoms with Crippen LogP contribution in [0.1, 0.15) is 0 Å². The van der Waals surface area contributed by atoms with Crippen molar-refractivity contribution in [3.8, 4) is 0 Å². The van der Waals surface area contributed by atoms with Crippen LogP contribution in [0, 0.1) is 17.5 Å². The van der Waals surface area contributed by atoms with Gasteiger partial charge in [-0.2, -0.15) is 0 Å². The van der Waals surface area contributed by atoms with Crippen LogP contribution in [0.3, 0.4) is 0 Å². The van der Waals surface area contributed by atoms with Gasteiger partial charge in [-0.1, -0.05) is 36.4 Å². The molecule has 0 heterocycles. The summed E-state index contributed by atoms with van der Waals surface area (Å²) < 4.78 is 56.7. The van der Waals surface area contributed by atoms with Gasteiger partial charge in [0, 0.05) is 0 Å². The SMILES string of the molecule is O=P(c1ccccc1F)(c1ccccc1F)c1ccccc1F. The summed E-state index contributed by atoms with van der Waals surface area (Å²) >= 11 is 0. The van der Waals surface area contributed by atoms with Crippen LogP contribution in [0.4, 0.5) is 13.2 Å². The quantitative estimate of drug-likeness (QED) is 0.668. The molecule has 0 bridgehead atoms. The lowest BCUT2D eigenvalue weighted by molar-refractivity contribution is 0.582. The van der Waals surface area contributed by atoms with Crippen molar-refractivity contribution in [2.75, 3.05) is 0 Å². The Morgan fingerprint density at radius 3 is 1.04 bits per heavy atom. The summed E-state index contributed by atoms with van der Waals surface area (Å²) in [4.78, 5) is 0. The molecule has 0 aromatic heterocycles. The molecule has 0 saturated carbocycles. The largest absolute Gasteiger partial charge is 0.308 e. The molecule has 0 saturated heterocycles. The maximum Gasteiger partial charge on any atom is 0.179 e. The van der Waals surface area contributed by atoms with Gasteiger partial charge in [0.15, 0.2) is 7.14 Å². The third-order valence-electron chi connectivity index (χ3n) is 3.58. The number of hydrogen-bond donors (Lipinski definition) is 0. The van der Waals surface area contributed by atoms with Crippen molar-refractivity contribution >= 4 is 23.1 Å². The Morgan fingerprint density at radius 1 is 0.522 bits per heavy atom. The predicted octanol–water partition coefficient (Wildman–Crippen LogP) is 3.74. The lowest BCUT2D eigenvalue weighted by atomic mass is 10.3. The van der Waals surface area contributed by atoms with Crippen LogP contribution in [-0.2, 0) is 4.57 Å². The van der Waals surface area contributed by atoms with Crippen LogP contribution in [-0.4, -0.2) is 0 Å². The standard InChI is InChI=1S/C18H12F3OP/c19-13-7-1-4-10-16(13)23(22,17-11-5-2-8-14(17)20)18-12-6-3-9-15(18)21/h1-12H. The topological polar surface area (TPSA) is 17.1 Å². The molecule has 0 unspecified atom stereocenters. The van der Waals surface area contributed by atoms with Gasteiger partial charge in [-0.3, -0.25) is 0 Å². The van der Waals surface area contributed by atoms with Crippen LogP contribution in [0.15, 0.2) is 72.8 Å². The van der Waals surface area contributed by atoms with Crippen LogP contribution >= 0.6 is 7.14 Å². The molecule has 0 fully saturated rings. The fraction of sp³-hybridized carbons (Fsp3) is 0. The highest BCUT2D eigenvalue weighted by Crippen LogP contribution is 2.44. The summed E-state index contributed by atoms with van der Waals surface area (Å²) in [7, 11) is -4.01. The van der Waals surface area contributed by atoms with Crippen molar-refractivity contribution in [1.29, 1.82) is 0 Å². The monoisotopic (exact) mass is 332 g/mol. The lowest BCUT2D eigenvalue weighted by Crippen LogP contribution is -2.30. The van der Waals surface area contributed by atoms with Crippen molar-refractivity contribution in [2.24, 2.45) is 0 Å². The molecule has 3 aromatic carbocycles. The van der Waals surface area contributed by atoms with Gasteiger partial charge in [0.1, 0.15) is 17.5 Å². The van der Waals surface area contributed by atoms with Gasteiger partial charge in [0.05, 0.1) is 15.9 Å². The molecule has 0 aliphatic carbocycles. The fourth-order valence-corrected chi connectivity index (χ4v) is 5.30. The summed E-state index contributed by atoms with van der Waals surface area (Å²) in [6, 6.07) is 16.1. The van der Waals surface area contributed by atoms with Gasteiger partial charge in [-0.15, -0.1) is 0 Å². The Hall–Kier alpha value is -2.32. The molecule has 5 heteroatoms. The maximum atomic E-state index is 14.3. The van der Waals surface area contributed by atoms with Crippen molar-refractivity contribution < 1.29 is 17.7 Å². The normalized spacial score (nSPS) is 11.4. The van der Waals surface area contributed by atoms with Gasteiger partial charge in [0.25, 0.3) is 0 Å². The molecular formula is C18H12F3OP. The molecule has 1 nitrogen and oxygen atoms in total. The molecule has 0 amide bonds. The Morgan fingerprint density at radius 2 is 0.783 bits per heavy atom. The second-order valence-corrected chi connectivity index (χ2v) is 7.63. The van der Waals surface area contributed by atoms with E-state index in [1.165, 1.54) is 54.6 Å². The van der Waals surface area contributed by atoms with Gasteiger partial charge >= 0.3 is 0 Å². The lowest BCUT2D eigenvalue weighted by Gasteiger charge is -2.21. The van der Waals surface area contributed by atoms with E-state index in [0.29, 0.717) is 0 Å².